The highest BCUT2D eigenvalue weighted by Crippen LogP contribution is 2.25. The molecule has 0 bridgehead atoms. The number of hydrogen-bond acceptors (Lipinski definition) is 5. The summed E-state index contributed by atoms with van der Waals surface area (Å²) >= 11 is 0. The Hall–Kier alpha value is -1.17. The van der Waals surface area contributed by atoms with Gasteiger partial charge in [0.2, 0.25) is 0 Å². The molecule has 3 N–H and O–H groups in total. The van der Waals surface area contributed by atoms with E-state index in [1.165, 1.54) is 38.9 Å². The molecule has 3 rings (SSSR count). The predicted molar refractivity (Wildman–Crippen MR) is 81.1 cm³/mol. The minimum Gasteiger partial charge on any atom is -0.308 e. The fourth-order valence-corrected chi connectivity index (χ4v) is 3.49. The third kappa shape index (κ3) is 2.95. The van der Waals surface area contributed by atoms with E-state index < -0.39 is 0 Å². The van der Waals surface area contributed by atoms with Crippen LogP contribution in [0.25, 0.3) is 0 Å². The highest BCUT2D eigenvalue weighted by molar-refractivity contribution is 5.33. The fraction of sp³-hybridized carbons (Fsp3) is 0.667. The molecule has 1 aromatic rings. The summed E-state index contributed by atoms with van der Waals surface area (Å²) in [5.41, 5.74) is 3.72. The average molecular weight is 275 g/mol. The quantitative estimate of drug-likeness (QED) is 0.645. The van der Waals surface area contributed by atoms with Crippen molar-refractivity contribution in [2.45, 2.75) is 44.8 Å². The maximum absolute atomic E-state index is 5.43. The molecule has 2 fully saturated rings. The lowest BCUT2D eigenvalue weighted by Crippen LogP contribution is -2.58. The number of nitrogens with two attached hydrogens (primary N) is 1. The summed E-state index contributed by atoms with van der Waals surface area (Å²) in [6, 6.07) is 7.34. The third-order valence-corrected chi connectivity index (χ3v) is 4.64. The molecule has 2 aliphatic rings. The molecule has 2 saturated heterocycles. The number of anilines is 1. The largest absolute Gasteiger partial charge is 0.308 e. The number of hydrazine groups is 1. The predicted octanol–water partition coefficient (Wildman–Crippen LogP) is 1.43. The van der Waals surface area contributed by atoms with Gasteiger partial charge in [-0.15, -0.1) is 0 Å². The van der Waals surface area contributed by atoms with Crippen LogP contribution in [-0.4, -0.2) is 46.5 Å². The second-order valence-electron chi connectivity index (χ2n) is 6.08. The molecule has 0 aromatic carbocycles. The van der Waals surface area contributed by atoms with Crippen molar-refractivity contribution < 1.29 is 0 Å². The van der Waals surface area contributed by atoms with Gasteiger partial charge in [-0.2, -0.15) is 0 Å². The molecule has 5 nitrogen and oxygen atoms in total. The molecule has 0 saturated carbocycles. The van der Waals surface area contributed by atoms with Gasteiger partial charge >= 0.3 is 0 Å². The van der Waals surface area contributed by atoms with Crippen LogP contribution in [0.3, 0.4) is 0 Å². The monoisotopic (exact) mass is 275 g/mol. The third-order valence-electron chi connectivity index (χ3n) is 4.64. The number of fused-ring (bicyclic) bond motifs is 1. The molecule has 20 heavy (non-hydrogen) atoms. The van der Waals surface area contributed by atoms with Crippen LogP contribution in [0.1, 0.15) is 31.9 Å². The number of nitrogens with one attached hydrogen (secondary N) is 1. The molecule has 0 spiro atoms. The van der Waals surface area contributed by atoms with Crippen molar-refractivity contribution in [1.82, 2.24) is 14.8 Å². The molecule has 2 atom stereocenters. The summed E-state index contributed by atoms with van der Waals surface area (Å²) in [7, 11) is 0. The molecular formula is C15H25N5. The molecule has 110 valence electrons. The Morgan fingerprint density at radius 2 is 2.25 bits per heavy atom. The number of pyridine rings is 1. The molecule has 0 radical (unpaired) electrons. The number of aromatic nitrogens is 1. The van der Waals surface area contributed by atoms with E-state index in [0.29, 0.717) is 6.04 Å². The molecule has 2 aliphatic heterocycles. The summed E-state index contributed by atoms with van der Waals surface area (Å²) in [6.45, 7) is 6.90. The number of rotatable bonds is 3. The fourth-order valence-electron chi connectivity index (χ4n) is 3.49. The maximum atomic E-state index is 5.43. The molecule has 3 heterocycles. The van der Waals surface area contributed by atoms with Gasteiger partial charge in [-0.05, 0) is 38.4 Å². The van der Waals surface area contributed by atoms with Gasteiger partial charge in [0.05, 0.1) is 5.69 Å². The first-order valence-electron chi connectivity index (χ1n) is 7.67. The minimum atomic E-state index is 0.598. The van der Waals surface area contributed by atoms with Crippen LogP contribution in [0, 0.1) is 0 Å². The smallest absolute Gasteiger partial charge is 0.140 e. The van der Waals surface area contributed by atoms with Crippen LogP contribution >= 0.6 is 0 Å². The van der Waals surface area contributed by atoms with Crippen LogP contribution in [0.4, 0.5) is 5.82 Å². The van der Waals surface area contributed by atoms with E-state index in [0.717, 1.165) is 24.1 Å². The van der Waals surface area contributed by atoms with E-state index in [4.69, 9.17) is 5.84 Å². The second-order valence-corrected chi connectivity index (χ2v) is 6.08. The first-order valence-corrected chi connectivity index (χ1v) is 7.67. The molecule has 2 unspecified atom stereocenters. The number of piperidine rings is 1. The highest BCUT2D eigenvalue weighted by Gasteiger charge is 2.32. The second kappa shape index (κ2) is 6.08. The summed E-state index contributed by atoms with van der Waals surface area (Å²) < 4.78 is 0. The van der Waals surface area contributed by atoms with Gasteiger partial charge in [-0.25, -0.2) is 10.8 Å². The van der Waals surface area contributed by atoms with Gasteiger partial charge in [0, 0.05) is 31.7 Å². The van der Waals surface area contributed by atoms with Crippen LogP contribution in [0.5, 0.6) is 0 Å². The van der Waals surface area contributed by atoms with Crippen LogP contribution in [0.2, 0.25) is 0 Å². The Morgan fingerprint density at radius 3 is 3.10 bits per heavy atom. The van der Waals surface area contributed by atoms with E-state index in [-0.39, 0.29) is 0 Å². The molecule has 1 aromatic heterocycles. The summed E-state index contributed by atoms with van der Waals surface area (Å²) in [6.07, 6.45) is 4.10. The average Bonchev–Trinajstić information content (AvgIpc) is 2.48. The van der Waals surface area contributed by atoms with Gasteiger partial charge in [0.15, 0.2) is 0 Å². The Bertz CT molecular complexity index is 450. The Morgan fingerprint density at radius 1 is 1.35 bits per heavy atom. The molecule has 5 heteroatoms. The minimum absolute atomic E-state index is 0.598. The normalized spacial score (nSPS) is 28.1. The lowest BCUT2D eigenvalue weighted by molar-refractivity contribution is 0.0105. The van der Waals surface area contributed by atoms with Crippen molar-refractivity contribution in [3.05, 3.63) is 23.9 Å². The van der Waals surface area contributed by atoms with Gasteiger partial charge in [-0.3, -0.25) is 9.80 Å². The Labute approximate surface area is 121 Å². The number of hydrogen-bond donors (Lipinski definition) is 2. The topological polar surface area (TPSA) is 57.4 Å². The van der Waals surface area contributed by atoms with Gasteiger partial charge in [-0.1, -0.05) is 12.5 Å². The van der Waals surface area contributed by atoms with Gasteiger partial charge in [0.1, 0.15) is 5.82 Å². The highest BCUT2D eigenvalue weighted by atomic mass is 15.3. The summed E-state index contributed by atoms with van der Waals surface area (Å²) in [4.78, 5) is 9.77. The van der Waals surface area contributed by atoms with E-state index in [1.807, 2.05) is 12.1 Å². The van der Waals surface area contributed by atoms with Crippen LogP contribution in [-0.2, 0) is 6.54 Å². The van der Waals surface area contributed by atoms with Gasteiger partial charge in [0.25, 0.3) is 0 Å². The zero-order valence-corrected chi connectivity index (χ0v) is 12.3. The van der Waals surface area contributed by atoms with Crippen molar-refractivity contribution in [3.63, 3.8) is 0 Å². The number of nitrogens with zero attached hydrogens (tertiary/aromatic N) is 3. The molecular weight excluding hydrogens is 250 g/mol. The van der Waals surface area contributed by atoms with Crippen LogP contribution < -0.4 is 11.3 Å². The summed E-state index contributed by atoms with van der Waals surface area (Å²) in [5.74, 6) is 6.18. The number of piperazine rings is 1. The Balaban J connectivity index is 1.67. The van der Waals surface area contributed by atoms with E-state index in [2.05, 4.69) is 33.2 Å². The Kier molecular flexibility index (Phi) is 4.19. The molecule has 0 amide bonds. The lowest BCUT2D eigenvalue weighted by atomic mass is 9.97. The SMILES string of the molecule is CC1CN2CCCCC2CN1Cc1cccc(NN)n1. The van der Waals surface area contributed by atoms with Gasteiger partial charge < -0.3 is 5.43 Å². The lowest BCUT2D eigenvalue weighted by Gasteiger charge is -2.47. The summed E-state index contributed by atoms with van der Waals surface area (Å²) in [5, 5.41) is 0. The maximum Gasteiger partial charge on any atom is 0.140 e. The first kappa shape index (κ1) is 13.8. The molecule has 0 aliphatic carbocycles. The van der Waals surface area contributed by atoms with Crippen molar-refractivity contribution in [1.29, 1.82) is 0 Å². The van der Waals surface area contributed by atoms with Crippen LogP contribution in [0.15, 0.2) is 18.2 Å². The zero-order valence-electron chi connectivity index (χ0n) is 12.3. The zero-order chi connectivity index (χ0) is 13.9. The standard InChI is InChI=1S/C15H25N5/c1-12-9-19-8-3-2-6-14(19)11-20(12)10-13-5-4-7-15(17-13)18-16/h4-5,7,12,14H,2-3,6,8-11,16H2,1H3,(H,17,18). The number of nitrogen functional groups attached to an aromatic ring is 1. The first-order chi connectivity index (χ1) is 9.76. The van der Waals surface area contributed by atoms with E-state index in [1.54, 1.807) is 0 Å². The van der Waals surface area contributed by atoms with E-state index >= 15 is 0 Å². The van der Waals surface area contributed by atoms with Crippen molar-refractivity contribution >= 4 is 5.82 Å². The van der Waals surface area contributed by atoms with Crippen molar-refractivity contribution in [3.8, 4) is 0 Å². The van der Waals surface area contributed by atoms with E-state index in [9.17, 15) is 0 Å². The van der Waals surface area contributed by atoms with Crippen molar-refractivity contribution in [2.24, 2.45) is 5.84 Å². The van der Waals surface area contributed by atoms with Crippen molar-refractivity contribution in [2.75, 3.05) is 25.1 Å².